The molecule has 0 N–H and O–H groups in total. The zero-order chi connectivity index (χ0) is 21.1. The minimum absolute atomic E-state index is 0.0530. The Hall–Kier alpha value is -3.12. The molecule has 0 spiro atoms. The van der Waals surface area contributed by atoms with E-state index in [2.05, 4.69) is 54.5 Å². The number of Topliss-reactive ketones (excluding diaryl/α,β-unsaturated/α-hetero) is 1. The molecule has 0 bridgehead atoms. The maximum absolute atomic E-state index is 12.6. The van der Waals surface area contributed by atoms with Gasteiger partial charge in [0.1, 0.15) is 0 Å². The van der Waals surface area contributed by atoms with Crippen molar-refractivity contribution >= 4 is 40.0 Å². The van der Waals surface area contributed by atoms with Crippen LogP contribution in [0.2, 0.25) is 0 Å². The molecule has 1 aliphatic rings. The molecular formula is C24H26N4OS. The molecule has 0 aliphatic carbocycles. The number of amidine groups is 1. The third-order valence-corrected chi connectivity index (χ3v) is 6.21. The lowest BCUT2D eigenvalue weighted by molar-refractivity contribution is -0.111. The summed E-state index contributed by atoms with van der Waals surface area (Å²) in [5.74, 6) is 0.399. The first-order chi connectivity index (χ1) is 14.6. The summed E-state index contributed by atoms with van der Waals surface area (Å²) in [6.07, 6.45) is -0.203. The van der Waals surface area contributed by atoms with Crippen LogP contribution in [0.4, 0.5) is 17.1 Å². The highest BCUT2D eigenvalue weighted by Gasteiger charge is 2.39. The van der Waals surface area contributed by atoms with E-state index in [4.69, 9.17) is 5.10 Å². The largest absolute Gasteiger partial charge is 0.372 e. The van der Waals surface area contributed by atoms with E-state index < -0.39 is 0 Å². The first-order valence-electron chi connectivity index (χ1n) is 10.3. The second-order valence-electron chi connectivity index (χ2n) is 7.11. The fourth-order valence-electron chi connectivity index (χ4n) is 3.81. The van der Waals surface area contributed by atoms with Crippen LogP contribution in [0, 0.1) is 0 Å². The number of anilines is 3. The van der Waals surface area contributed by atoms with Gasteiger partial charge < -0.3 is 4.90 Å². The van der Waals surface area contributed by atoms with E-state index in [0.29, 0.717) is 5.84 Å². The first kappa shape index (κ1) is 20.2. The van der Waals surface area contributed by atoms with Crippen LogP contribution >= 0.6 is 11.3 Å². The van der Waals surface area contributed by atoms with Crippen LogP contribution in [0.25, 0.3) is 0 Å². The van der Waals surface area contributed by atoms with Gasteiger partial charge in [0.25, 0.3) is 0 Å². The number of nitrogens with zero attached hydrogens (tertiary/aromatic N) is 4. The fourth-order valence-corrected chi connectivity index (χ4v) is 4.61. The molecule has 4 rings (SSSR count). The van der Waals surface area contributed by atoms with Gasteiger partial charge in [-0.05, 0) is 61.7 Å². The number of thiophene rings is 1. The molecule has 154 valence electrons. The van der Waals surface area contributed by atoms with Crippen LogP contribution in [0.3, 0.4) is 0 Å². The molecule has 1 atom stereocenters. The Balaban J connectivity index is 1.79. The van der Waals surface area contributed by atoms with Crippen LogP contribution < -0.4 is 14.8 Å². The zero-order valence-electron chi connectivity index (χ0n) is 17.5. The number of rotatable bonds is 7. The van der Waals surface area contributed by atoms with Gasteiger partial charge in [0.2, 0.25) is 0 Å². The highest BCUT2D eigenvalue weighted by atomic mass is 32.1. The maximum atomic E-state index is 12.6. The topological polar surface area (TPSA) is 39.1 Å². The number of carbonyl (C=O) groups excluding carboxylic acids is 1. The van der Waals surface area contributed by atoms with Crippen molar-refractivity contribution in [3.05, 3.63) is 77.0 Å². The summed E-state index contributed by atoms with van der Waals surface area (Å²) in [5, 5.41) is 8.77. The smallest absolute Gasteiger partial charge is 0.198 e. The highest BCUT2D eigenvalue weighted by molar-refractivity contribution is 7.10. The van der Waals surface area contributed by atoms with Gasteiger partial charge in [-0.2, -0.15) is 0 Å². The molecule has 1 aliphatic heterocycles. The van der Waals surface area contributed by atoms with Crippen LogP contribution in [-0.4, -0.2) is 24.7 Å². The van der Waals surface area contributed by atoms with Gasteiger partial charge in [0.15, 0.2) is 17.8 Å². The van der Waals surface area contributed by atoms with E-state index in [9.17, 15) is 4.79 Å². The Labute approximate surface area is 181 Å². The summed E-state index contributed by atoms with van der Waals surface area (Å²) < 4.78 is 0. The SMILES string of the molecule is CCN(CC)c1ccc(N2C(C(C)=O)=NN(c3ccccc3)[C@@H]2c2cccs2)cc1. The number of benzene rings is 2. The van der Waals surface area contributed by atoms with E-state index in [-0.39, 0.29) is 11.9 Å². The molecule has 6 heteroatoms. The third-order valence-electron chi connectivity index (χ3n) is 5.30. The third kappa shape index (κ3) is 3.71. The summed E-state index contributed by atoms with van der Waals surface area (Å²) >= 11 is 1.67. The van der Waals surface area contributed by atoms with Crippen LogP contribution in [0.15, 0.2) is 77.2 Å². The van der Waals surface area contributed by atoms with E-state index in [0.717, 1.165) is 29.3 Å². The van der Waals surface area contributed by atoms with Crippen molar-refractivity contribution in [1.29, 1.82) is 0 Å². The average molecular weight is 419 g/mol. The molecule has 0 radical (unpaired) electrons. The quantitative estimate of drug-likeness (QED) is 0.506. The molecule has 0 fully saturated rings. The Kier molecular flexibility index (Phi) is 5.86. The minimum Gasteiger partial charge on any atom is -0.372 e. The number of ketones is 1. The fraction of sp³-hybridized carbons (Fsp3) is 0.250. The van der Waals surface area contributed by atoms with Crippen molar-refractivity contribution in [2.24, 2.45) is 5.10 Å². The zero-order valence-corrected chi connectivity index (χ0v) is 18.3. The Morgan fingerprint density at radius 3 is 2.23 bits per heavy atom. The molecule has 2 heterocycles. The van der Waals surface area contributed by atoms with Crippen molar-refractivity contribution < 1.29 is 4.79 Å². The van der Waals surface area contributed by atoms with Gasteiger partial charge in [-0.3, -0.25) is 9.69 Å². The predicted octanol–water partition coefficient (Wildman–Crippen LogP) is 5.52. The van der Waals surface area contributed by atoms with Crippen molar-refractivity contribution in [3.8, 4) is 0 Å². The van der Waals surface area contributed by atoms with Crippen molar-refractivity contribution in [3.63, 3.8) is 0 Å². The van der Waals surface area contributed by atoms with E-state index in [1.165, 1.54) is 5.69 Å². The normalized spacial score (nSPS) is 16.0. The minimum atomic E-state index is -0.203. The second-order valence-corrected chi connectivity index (χ2v) is 8.09. The van der Waals surface area contributed by atoms with Gasteiger partial charge in [0.05, 0.1) is 5.69 Å². The summed E-state index contributed by atoms with van der Waals surface area (Å²) in [7, 11) is 0. The Morgan fingerprint density at radius 1 is 0.967 bits per heavy atom. The van der Waals surface area contributed by atoms with Crippen LogP contribution in [0.1, 0.15) is 31.8 Å². The molecule has 3 aromatic rings. The molecule has 0 unspecified atom stereocenters. The predicted molar refractivity (Wildman–Crippen MR) is 127 cm³/mol. The lowest BCUT2D eigenvalue weighted by atomic mass is 10.2. The summed E-state index contributed by atoms with van der Waals surface area (Å²) in [4.78, 5) is 18.1. The van der Waals surface area contributed by atoms with Crippen molar-refractivity contribution in [2.45, 2.75) is 26.9 Å². The van der Waals surface area contributed by atoms with Gasteiger partial charge >= 0.3 is 0 Å². The highest BCUT2D eigenvalue weighted by Crippen LogP contribution is 2.40. The summed E-state index contributed by atoms with van der Waals surface area (Å²) in [5.41, 5.74) is 3.09. The summed E-state index contributed by atoms with van der Waals surface area (Å²) in [6.45, 7) is 7.81. The standard InChI is InChI=1S/C24H26N4OS/c1-4-26(5-2)19-13-15-20(16-14-19)27-23(18(3)29)25-28(21-10-7-6-8-11-21)24(27)22-12-9-17-30-22/h6-17,24H,4-5H2,1-3H3/t24-/m1/s1. The Bertz CT molecular complexity index is 1010. The molecule has 0 saturated carbocycles. The second kappa shape index (κ2) is 8.71. The molecule has 0 saturated heterocycles. The monoisotopic (exact) mass is 418 g/mol. The molecule has 5 nitrogen and oxygen atoms in total. The molecule has 2 aromatic carbocycles. The van der Waals surface area contributed by atoms with Crippen molar-refractivity contribution in [2.75, 3.05) is 27.9 Å². The Morgan fingerprint density at radius 2 is 1.67 bits per heavy atom. The first-order valence-corrected chi connectivity index (χ1v) is 11.1. The molecule has 30 heavy (non-hydrogen) atoms. The van der Waals surface area contributed by atoms with Crippen LogP contribution in [-0.2, 0) is 4.79 Å². The molecule has 1 aromatic heterocycles. The summed E-state index contributed by atoms with van der Waals surface area (Å²) in [6, 6.07) is 22.6. The number of hydrogen-bond donors (Lipinski definition) is 0. The van der Waals surface area contributed by atoms with Gasteiger partial charge in [0, 0.05) is 36.3 Å². The number of hydrazone groups is 1. The van der Waals surface area contributed by atoms with Crippen LogP contribution in [0.5, 0.6) is 0 Å². The lowest BCUT2D eigenvalue weighted by Crippen LogP contribution is -2.37. The number of para-hydroxylation sites is 1. The molecule has 0 amide bonds. The van der Waals surface area contributed by atoms with E-state index >= 15 is 0 Å². The number of carbonyl (C=O) groups is 1. The van der Waals surface area contributed by atoms with Gasteiger partial charge in [-0.1, -0.05) is 24.3 Å². The molecular weight excluding hydrogens is 392 g/mol. The van der Waals surface area contributed by atoms with E-state index in [1.54, 1.807) is 18.3 Å². The van der Waals surface area contributed by atoms with Gasteiger partial charge in [-0.25, -0.2) is 5.01 Å². The maximum Gasteiger partial charge on any atom is 0.198 e. The van der Waals surface area contributed by atoms with Crippen molar-refractivity contribution in [1.82, 2.24) is 0 Å². The van der Waals surface area contributed by atoms with E-state index in [1.807, 2.05) is 46.3 Å². The average Bonchev–Trinajstić information content (AvgIpc) is 3.43. The van der Waals surface area contributed by atoms with Gasteiger partial charge in [-0.15, -0.1) is 16.4 Å². The number of hydrogen-bond acceptors (Lipinski definition) is 6. The lowest BCUT2D eigenvalue weighted by Gasteiger charge is -2.31.